The summed E-state index contributed by atoms with van der Waals surface area (Å²) in [5.74, 6) is 0. The first-order chi connectivity index (χ1) is 15.9. The number of hydrogen-bond acceptors (Lipinski definition) is 7. The van der Waals surface area contributed by atoms with E-state index < -0.39 is 10.0 Å². The molecule has 33 heavy (non-hydrogen) atoms. The van der Waals surface area contributed by atoms with Crippen molar-refractivity contribution < 1.29 is 8.42 Å². The molecule has 0 saturated carbocycles. The molecule has 0 saturated heterocycles. The van der Waals surface area contributed by atoms with Crippen molar-refractivity contribution in [3.63, 3.8) is 0 Å². The summed E-state index contributed by atoms with van der Waals surface area (Å²) in [4.78, 5) is 19.7. The second kappa shape index (κ2) is 9.80. The van der Waals surface area contributed by atoms with Crippen LogP contribution in [0.3, 0.4) is 0 Å². The van der Waals surface area contributed by atoms with Crippen LogP contribution in [0.5, 0.6) is 0 Å². The zero-order valence-electron chi connectivity index (χ0n) is 16.5. The molecule has 0 atom stereocenters. The normalized spacial score (nSPS) is 11.1. The second-order valence-electron chi connectivity index (χ2n) is 6.39. The minimum absolute atomic E-state index is 0.0909. The highest BCUT2D eigenvalue weighted by atomic mass is 35.5. The van der Waals surface area contributed by atoms with Crippen molar-refractivity contribution in [2.24, 2.45) is 0 Å². The summed E-state index contributed by atoms with van der Waals surface area (Å²) in [6, 6.07) is 15.0. The molecule has 0 spiro atoms. The van der Waals surface area contributed by atoms with Gasteiger partial charge in [-0.15, -0.1) is 0 Å². The molecule has 0 aliphatic heterocycles. The van der Waals surface area contributed by atoms with Gasteiger partial charge in [0.25, 0.3) is 10.0 Å². The van der Waals surface area contributed by atoms with E-state index in [2.05, 4.69) is 24.9 Å². The lowest BCUT2D eigenvalue weighted by Gasteiger charge is -2.06. The summed E-state index contributed by atoms with van der Waals surface area (Å²) in [7, 11) is -3.79. The summed E-state index contributed by atoms with van der Waals surface area (Å²) in [6.45, 7) is 0. The van der Waals surface area contributed by atoms with Crippen LogP contribution in [0, 0.1) is 0 Å². The Balaban J connectivity index is 0.000000275. The highest BCUT2D eigenvalue weighted by Gasteiger charge is 2.22. The SMILES string of the molecule is Clc1ccnc(Cl)n1.O=S(=O)(c1ccccc1)n1cc(-c2ccnc(Cl)n2)c2cccnc21. The maximum absolute atomic E-state index is 13.0. The van der Waals surface area contributed by atoms with Gasteiger partial charge in [-0.25, -0.2) is 37.3 Å². The van der Waals surface area contributed by atoms with E-state index in [-0.39, 0.29) is 15.5 Å². The molecule has 5 rings (SSSR count). The Morgan fingerprint density at radius 3 is 2.06 bits per heavy atom. The third-order valence-electron chi connectivity index (χ3n) is 4.33. The molecule has 0 N–H and O–H groups in total. The van der Waals surface area contributed by atoms with Crippen LogP contribution >= 0.6 is 34.8 Å². The average molecular weight is 520 g/mol. The maximum atomic E-state index is 13.0. The van der Waals surface area contributed by atoms with Crippen LogP contribution in [0.25, 0.3) is 22.3 Å². The molecule has 5 aromatic rings. The number of rotatable bonds is 3. The van der Waals surface area contributed by atoms with Crippen LogP contribution in [0.4, 0.5) is 0 Å². The number of aromatic nitrogens is 6. The molecule has 0 bridgehead atoms. The van der Waals surface area contributed by atoms with Gasteiger partial charge in [0.05, 0.1) is 10.6 Å². The quantitative estimate of drug-likeness (QED) is 0.239. The second-order valence-corrected chi connectivity index (χ2v) is 9.27. The molecule has 0 fully saturated rings. The van der Waals surface area contributed by atoms with Gasteiger partial charge in [0.15, 0.2) is 5.65 Å². The Bertz CT molecular complexity index is 1510. The summed E-state index contributed by atoms with van der Waals surface area (Å²) in [5.41, 5.74) is 1.48. The van der Waals surface area contributed by atoms with Crippen molar-refractivity contribution in [2.45, 2.75) is 4.90 Å². The smallest absolute Gasteiger partial charge is 0.237 e. The summed E-state index contributed by atoms with van der Waals surface area (Å²) >= 11 is 16.6. The van der Waals surface area contributed by atoms with Gasteiger partial charge in [-0.3, -0.25) is 0 Å². The summed E-state index contributed by atoms with van der Waals surface area (Å²) < 4.78 is 27.2. The van der Waals surface area contributed by atoms with Crippen LogP contribution in [0.15, 0.2) is 84.3 Å². The van der Waals surface area contributed by atoms with Gasteiger partial charge in [0, 0.05) is 35.7 Å². The molecule has 0 aliphatic rings. The topological polar surface area (TPSA) is 104 Å². The van der Waals surface area contributed by atoms with Gasteiger partial charge < -0.3 is 0 Å². The van der Waals surface area contributed by atoms with Crippen LogP contribution < -0.4 is 0 Å². The van der Waals surface area contributed by atoms with Crippen molar-refractivity contribution in [3.05, 3.63) is 95.1 Å². The molecule has 166 valence electrons. The number of pyridine rings is 1. The van der Waals surface area contributed by atoms with E-state index in [9.17, 15) is 8.42 Å². The number of benzene rings is 1. The fourth-order valence-electron chi connectivity index (χ4n) is 2.92. The van der Waals surface area contributed by atoms with Crippen molar-refractivity contribution in [1.29, 1.82) is 0 Å². The standard InChI is InChI=1S/C17H11ClN4O2S.C4H2Cl2N2/c18-17-20-10-8-15(21-17)14-11-22(16-13(14)7-4-9-19-16)25(23,24)12-5-2-1-3-6-12;5-3-1-2-7-4(6)8-3/h1-11H;1-2H. The van der Waals surface area contributed by atoms with E-state index in [0.29, 0.717) is 27.4 Å². The number of hydrogen-bond donors (Lipinski definition) is 0. The van der Waals surface area contributed by atoms with E-state index in [1.165, 1.54) is 22.6 Å². The Labute approximate surface area is 203 Å². The lowest BCUT2D eigenvalue weighted by atomic mass is 10.1. The molecule has 4 aromatic heterocycles. The predicted molar refractivity (Wildman–Crippen MR) is 127 cm³/mol. The van der Waals surface area contributed by atoms with Crippen LogP contribution in [0.2, 0.25) is 15.7 Å². The Hall–Kier alpha value is -3.11. The molecule has 0 aliphatic carbocycles. The van der Waals surface area contributed by atoms with E-state index in [0.717, 1.165) is 0 Å². The Morgan fingerprint density at radius 2 is 1.42 bits per heavy atom. The number of nitrogens with zero attached hydrogens (tertiary/aromatic N) is 6. The molecule has 1 aromatic carbocycles. The highest BCUT2D eigenvalue weighted by Crippen LogP contribution is 2.31. The van der Waals surface area contributed by atoms with Crippen molar-refractivity contribution >= 4 is 55.9 Å². The zero-order chi connectivity index (χ0) is 23.4. The monoisotopic (exact) mass is 518 g/mol. The van der Waals surface area contributed by atoms with E-state index in [1.807, 2.05) is 0 Å². The Morgan fingerprint density at radius 1 is 0.727 bits per heavy atom. The molecular weight excluding hydrogens is 507 g/mol. The summed E-state index contributed by atoms with van der Waals surface area (Å²) in [5, 5.41) is 1.30. The van der Waals surface area contributed by atoms with Gasteiger partial charge in [-0.2, -0.15) is 0 Å². The molecule has 0 radical (unpaired) electrons. The fraction of sp³-hybridized carbons (Fsp3) is 0. The van der Waals surface area contributed by atoms with Crippen LogP contribution in [0.1, 0.15) is 0 Å². The third-order valence-corrected chi connectivity index (χ3v) is 6.57. The minimum Gasteiger partial charge on any atom is -0.237 e. The van der Waals surface area contributed by atoms with Gasteiger partial charge >= 0.3 is 0 Å². The number of fused-ring (bicyclic) bond motifs is 1. The summed E-state index contributed by atoms with van der Waals surface area (Å²) in [6.07, 6.45) is 6.09. The minimum atomic E-state index is -3.79. The number of halogens is 3. The maximum Gasteiger partial charge on any atom is 0.269 e. The molecular formula is C21H13Cl3N6O2S. The van der Waals surface area contributed by atoms with Crippen molar-refractivity contribution in [1.82, 2.24) is 28.9 Å². The molecule has 0 amide bonds. The Kier molecular flexibility index (Phi) is 6.85. The molecule has 8 nitrogen and oxygen atoms in total. The highest BCUT2D eigenvalue weighted by molar-refractivity contribution is 7.90. The third kappa shape index (κ3) is 5.12. The van der Waals surface area contributed by atoms with E-state index in [4.69, 9.17) is 34.8 Å². The fourth-order valence-corrected chi connectivity index (χ4v) is 4.74. The molecule has 12 heteroatoms. The first kappa shape index (κ1) is 23.1. The van der Waals surface area contributed by atoms with Crippen LogP contribution in [-0.2, 0) is 10.0 Å². The van der Waals surface area contributed by atoms with E-state index in [1.54, 1.807) is 60.8 Å². The van der Waals surface area contributed by atoms with E-state index >= 15 is 0 Å². The van der Waals surface area contributed by atoms with Gasteiger partial charge in [-0.05, 0) is 59.6 Å². The first-order valence-electron chi connectivity index (χ1n) is 9.26. The van der Waals surface area contributed by atoms with Gasteiger partial charge in [-0.1, -0.05) is 29.8 Å². The van der Waals surface area contributed by atoms with Gasteiger partial charge in [0.1, 0.15) is 5.15 Å². The largest absolute Gasteiger partial charge is 0.269 e. The van der Waals surface area contributed by atoms with Gasteiger partial charge in [0.2, 0.25) is 10.6 Å². The lowest BCUT2D eigenvalue weighted by Crippen LogP contribution is -2.12. The average Bonchev–Trinajstić information content (AvgIpc) is 3.21. The zero-order valence-corrected chi connectivity index (χ0v) is 19.6. The van der Waals surface area contributed by atoms with Crippen molar-refractivity contribution in [3.8, 4) is 11.3 Å². The predicted octanol–water partition coefficient (Wildman–Crippen LogP) is 5.17. The van der Waals surface area contributed by atoms with Crippen LogP contribution in [-0.4, -0.2) is 37.3 Å². The molecule has 4 heterocycles. The first-order valence-corrected chi connectivity index (χ1v) is 11.8. The lowest BCUT2D eigenvalue weighted by molar-refractivity contribution is 0.589. The van der Waals surface area contributed by atoms with Crippen molar-refractivity contribution in [2.75, 3.05) is 0 Å². The molecule has 0 unspecified atom stereocenters.